The molecule has 0 bridgehead atoms. The molecule has 1 heterocycles. The fraction of sp³-hybridized carbons (Fsp3) is 0.500. The zero-order chi connectivity index (χ0) is 12.5. The predicted molar refractivity (Wildman–Crippen MR) is 71.7 cm³/mol. The zero-order valence-electron chi connectivity index (χ0n) is 10.8. The first-order valence-corrected chi connectivity index (χ1v) is 6.09. The third-order valence-corrected chi connectivity index (χ3v) is 3.04. The van der Waals surface area contributed by atoms with Crippen molar-refractivity contribution >= 4 is 17.2 Å². The highest BCUT2D eigenvalue weighted by Gasteiger charge is 2.28. The van der Waals surface area contributed by atoms with Gasteiger partial charge in [-0.25, -0.2) is 0 Å². The minimum absolute atomic E-state index is 0.0468. The lowest BCUT2D eigenvalue weighted by molar-refractivity contribution is -0.116. The summed E-state index contributed by atoms with van der Waals surface area (Å²) in [5.41, 5.74) is 2.41. The standard InChI is InChI=1S/C14H20N2O/c1-11(17)8-9-16-10-14(2,3)15-12-6-4-5-7-13(12)16/h4-7,15H,8-10H2,1-3H3. The van der Waals surface area contributed by atoms with Crippen LogP contribution in [0.15, 0.2) is 24.3 Å². The van der Waals surface area contributed by atoms with Gasteiger partial charge in [0, 0.05) is 25.0 Å². The zero-order valence-corrected chi connectivity index (χ0v) is 10.8. The lowest BCUT2D eigenvalue weighted by atomic mass is 9.99. The molecule has 0 aliphatic carbocycles. The number of carbonyl (C=O) groups is 1. The summed E-state index contributed by atoms with van der Waals surface area (Å²) < 4.78 is 0. The van der Waals surface area contributed by atoms with Crippen LogP contribution < -0.4 is 10.2 Å². The maximum atomic E-state index is 11.1. The Kier molecular flexibility index (Phi) is 3.09. The summed E-state index contributed by atoms with van der Waals surface area (Å²) in [6.07, 6.45) is 0.615. The number of fused-ring (bicyclic) bond motifs is 1. The van der Waals surface area contributed by atoms with Crippen molar-refractivity contribution in [3.05, 3.63) is 24.3 Å². The summed E-state index contributed by atoms with van der Waals surface area (Å²) in [5, 5.41) is 3.53. The second-order valence-electron chi connectivity index (χ2n) is 5.40. The van der Waals surface area contributed by atoms with Crippen molar-refractivity contribution < 1.29 is 4.79 Å². The largest absolute Gasteiger partial charge is 0.377 e. The minimum Gasteiger partial charge on any atom is -0.377 e. The molecule has 0 fully saturated rings. The molecule has 0 unspecified atom stereocenters. The summed E-state index contributed by atoms with van der Waals surface area (Å²) in [6.45, 7) is 7.75. The first-order chi connectivity index (χ1) is 7.98. The summed E-state index contributed by atoms with van der Waals surface area (Å²) in [6, 6.07) is 8.28. The molecule has 1 aliphatic rings. The molecule has 0 saturated carbocycles. The Balaban J connectivity index is 2.23. The molecule has 0 spiro atoms. The summed E-state index contributed by atoms with van der Waals surface area (Å²) in [4.78, 5) is 13.4. The van der Waals surface area contributed by atoms with Gasteiger partial charge in [0.2, 0.25) is 0 Å². The van der Waals surface area contributed by atoms with Gasteiger partial charge in [0.05, 0.1) is 11.4 Å². The van der Waals surface area contributed by atoms with Gasteiger partial charge < -0.3 is 10.2 Å². The van der Waals surface area contributed by atoms with Crippen molar-refractivity contribution in [2.75, 3.05) is 23.3 Å². The average molecular weight is 232 g/mol. The van der Waals surface area contributed by atoms with Gasteiger partial charge in [0.25, 0.3) is 0 Å². The van der Waals surface area contributed by atoms with Crippen LogP contribution in [0, 0.1) is 0 Å². The van der Waals surface area contributed by atoms with Crippen LogP contribution in [0.2, 0.25) is 0 Å². The Morgan fingerprint density at radius 3 is 2.82 bits per heavy atom. The number of nitrogens with one attached hydrogen (secondary N) is 1. The number of anilines is 2. The van der Waals surface area contributed by atoms with Crippen molar-refractivity contribution in [2.24, 2.45) is 0 Å². The third-order valence-electron chi connectivity index (χ3n) is 3.04. The van der Waals surface area contributed by atoms with Crippen LogP contribution in [-0.2, 0) is 4.79 Å². The van der Waals surface area contributed by atoms with Gasteiger partial charge in [0.15, 0.2) is 0 Å². The maximum Gasteiger partial charge on any atom is 0.131 e. The lowest BCUT2D eigenvalue weighted by Gasteiger charge is -2.42. The predicted octanol–water partition coefficient (Wildman–Crippen LogP) is 2.68. The van der Waals surface area contributed by atoms with Gasteiger partial charge in [-0.05, 0) is 32.9 Å². The smallest absolute Gasteiger partial charge is 0.131 e. The van der Waals surface area contributed by atoms with Crippen molar-refractivity contribution in [1.82, 2.24) is 0 Å². The Bertz CT molecular complexity index is 426. The molecule has 1 aromatic rings. The summed E-state index contributed by atoms with van der Waals surface area (Å²) >= 11 is 0. The molecule has 92 valence electrons. The monoisotopic (exact) mass is 232 g/mol. The molecule has 0 amide bonds. The highest BCUT2D eigenvalue weighted by Crippen LogP contribution is 2.33. The molecular weight excluding hydrogens is 212 g/mol. The Hall–Kier alpha value is -1.51. The first-order valence-electron chi connectivity index (χ1n) is 6.09. The normalized spacial score (nSPS) is 17.2. The number of hydrogen-bond acceptors (Lipinski definition) is 3. The maximum absolute atomic E-state index is 11.1. The number of rotatable bonds is 3. The quantitative estimate of drug-likeness (QED) is 0.869. The van der Waals surface area contributed by atoms with E-state index in [0.717, 1.165) is 18.8 Å². The van der Waals surface area contributed by atoms with Crippen LogP contribution in [0.5, 0.6) is 0 Å². The number of carbonyl (C=O) groups excluding carboxylic acids is 1. The van der Waals surface area contributed by atoms with E-state index in [4.69, 9.17) is 0 Å². The van der Waals surface area contributed by atoms with E-state index in [1.165, 1.54) is 5.69 Å². The molecule has 0 atom stereocenters. The number of hydrogen-bond donors (Lipinski definition) is 1. The van der Waals surface area contributed by atoms with Gasteiger partial charge >= 0.3 is 0 Å². The van der Waals surface area contributed by atoms with Gasteiger partial charge in [-0.15, -0.1) is 0 Å². The number of nitrogens with zero attached hydrogens (tertiary/aromatic N) is 1. The van der Waals surface area contributed by atoms with Crippen LogP contribution in [0.4, 0.5) is 11.4 Å². The molecule has 1 aliphatic heterocycles. The van der Waals surface area contributed by atoms with E-state index < -0.39 is 0 Å². The first kappa shape index (κ1) is 12.0. The second kappa shape index (κ2) is 4.40. The highest BCUT2D eigenvalue weighted by molar-refractivity contribution is 5.78. The number of ketones is 1. The Labute approximate surface area is 103 Å². The third kappa shape index (κ3) is 2.78. The summed E-state index contributed by atoms with van der Waals surface area (Å²) in [5.74, 6) is 0.249. The van der Waals surface area contributed by atoms with Crippen LogP contribution in [0.1, 0.15) is 27.2 Å². The number of para-hydroxylation sites is 2. The van der Waals surface area contributed by atoms with E-state index in [1.54, 1.807) is 6.92 Å². The van der Waals surface area contributed by atoms with Crippen LogP contribution in [0.3, 0.4) is 0 Å². The number of benzene rings is 1. The highest BCUT2D eigenvalue weighted by atomic mass is 16.1. The van der Waals surface area contributed by atoms with Crippen molar-refractivity contribution in [2.45, 2.75) is 32.7 Å². The molecule has 2 rings (SSSR count). The van der Waals surface area contributed by atoms with Crippen molar-refractivity contribution in [3.8, 4) is 0 Å². The average Bonchev–Trinajstić information content (AvgIpc) is 2.24. The molecule has 3 heteroatoms. The van der Waals surface area contributed by atoms with E-state index >= 15 is 0 Å². The second-order valence-corrected chi connectivity index (χ2v) is 5.40. The fourth-order valence-electron chi connectivity index (χ4n) is 2.31. The molecule has 0 aromatic heterocycles. The Morgan fingerprint density at radius 1 is 1.41 bits per heavy atom. The van der Waals surface area contributed by atoms with Crippen molar-refractivity contribution in [1.29, 1.82) is 0 Å². The van der Waals surface area contributed by atoms with E-state index in [0.29, 0.717) is 6.42 Å². The SMILES string of the molecule is CC(=O)CCN1CC(C)(C)Nc2ccccc21. The molecule has 17 heavy (non-hydrogen) atoms. The van der Waals surface area contributed by atoms with Crippen LogP contribution in [-0.4, -0.2) is 24.4 Å². The van der Waals surface area contributed by atoms with Gasteiger partial charge in [-0.1, -0.05) is 12.1 Å². The lowest BCUT2D eigenvalue weighted by Crippen LogP contribution is -2.49. The molecular formula is C14H20N2O. The minimum atomic E-state index is 0.0468. The molecule has 3 nitrogen and oxygen atoms in total. The van der Waals surface area contributed by atoms with E-state index in [9.17, 15) is 4.79 Å². The fourth-order valence-corrected chi connectivity index (χ4v) is 2.31. The molecule has 1 N–H and O–H groups in total. The van der Waals surface area contributed by atoms with Crippen LogP contribution >= 0.6 is 0 Å². The van der Waals surface area contributed by atoms with Crippen LogP contribution in [0.25, 0.3) is 0 Å². The van der Waals surface area contributed by atoms with Gasteiger partial charge in [-0.3, -0.25) is 4.79 Å². The van der Waals surface area contributed by atoms with Gasteiger partial charge in [-0.2, -0.15) is 0 Å². The van der Waals surface area contributed by atoms with Crippen molar-refractivity contribution in [3.63, 3.8) is 0 Å². The molecule has 0 saturated heterocycles. The molecule has 0 radical (unpaired) electrons. The Morgan fingerprint density at radius 2 is 2.12 bits per heavy atom. The van der Waals surface area contributed by atoms with Gasteiger partial charge in [0.1, 0.15) is 5.78 Å². The van der Waals surface area contributed by atoms with E-state index in [1.807, 2.05) is 12.1 Å². The molecule has 1 aromatic carbocycles. The van der Waals surface area contributed by atoms with E-state index in [-0.39, 0.29) is 11.3 Å². The van der Waals surface area contributed by atoms with E-state index in [2.05, 4.69) is 36.2 Å². The summed E-state index contributed by atoms with van der Waals surface area (Å²) in [7, 11) is 0. The topological polar surface area (TPSA) is 32.3 Å². The number of Topliss-reactive ketones (excluding diaryl/α,β-unsaturated/α-hetero) is 1.